The lowest BCUT2D eigenvalue weighted by Gasteiger charge is -2.41. The molecule has 0 radical (unpaired) electrons. The van der Waals surface area contributed by atoms with E-state index in [1.807, 2.05) is 51.1 Å². The third-order valence-electron chi connectivity index (χ3n) is 10.3. The van der Waals surface area contributed by atoms with E-state index in [-0.39, 0.29) is 30.4 Å². The van der Waals surface area contributed by atoms with E-state index in [4.69, 9.17) is 0 Å². The van der Waals surface area contributed by atoms with Crippen LogP contribution in [0.15, 0.2) is 55.6 Å². The highest BCUT2D eigenvalue weighted by atomic mass is 32.2. The van der Waals surface area contributed by atoms with Crippen LogP contribution in [0.5, 0.6) is 0 Å². The Labute approximate surface area is 261 Å². The highest BCUT2D eigenvalue weighted by molar-refractivity contribution is 8.02. The zero-order valence-corrected chi connectivity index (χ0v) is 26.6. The van der Waals surface area contributed by atoms with Crippen LogP contribution in [0.1, 0.15) is 76.7 Å². The average Bonchev–Trinajstić information content (AvgIpc) is 3.58. The van der Waals surface area contributed by atoms with Gasteiger partial charge in [0.15, 0.2) is 0 Å². The van der Waals surface area contributed by atoms with Crippen molar-refractivity contribution in [3.8, 4) is 0 Å². The largest absolute Gasteiger partial charge is 0.396 e. The molecule has 5 atom stereocenters. The number of amides is 3. The minimum atomic E-state index is -0.624. The first-order chi connectivity index (χ1) is 20.8. The van der Waals surface area contributed by atoms with Gasteiger partial charge in [0.05, 0.1) is 16.6 Å². The molecule has 8 heteroatoms. The number of aliphatic hydroxyl groups is 1. The van der Waals surface area contributed by atoms with Crippen LogP contribution in [0.4, 0.5) is 0 Å². The van der Waals surface area contributed by atoms with Gasteiger partial charge in [-0.05, 0) is 57.4 Å². The third kappa shape index (κ3) is 5.94. The van der Waals surface area contributed by atoms with Crippen molar-refractivity contribution in [1.82, 2.24) is 14.7 Å². The van der Waals surface area contributed by atoms with Crippen LogP contribution in [-0.2, 0) is 20.9 Å². The second-order valence-electron chi connectivity index (χ2n) is 13.1. The van der Waals surface area contributed by atoms with E-state index in [9.17, 15) is 19.5 Å². The van der Waals surface area contributed by atoms with Gasteiger partial charge in [0.25, 0.3) is 0 Å². The maximum absolute atomic E-state index is 14.8. The van der Waals surface area contributed by atoms with Crippen LogP contribution in [0.25, 0.3) is 0 Å². The Bertz CT molecular complexity index is 1190. The van der Waals surface area contributed by atoms with Gasteiger partial charge in [0.1, 0.15) is 6.04 Å². The van der Waals surface area contributed by atoms with E-state index in [2.05, 4.69) is 20.1 Å². The molecule has 0 aromatic heterocycles. The van der Waals surface area contributed by atoms with Crippen molar-refractivity contribution >= 4 is 29.5 Å². The summed E-state index contributed by atoms with van der Waals surface area (Å²) in [5.41, 5.74) is 1.04. The van der Waals surface area contributed by atoms with Gasteiger partial charge < -0.3 is 19.8 Å². The van der Waals surface area contributed by atoms with Gasteiger partial charge in [-0.3, -0.25) is 14.4 Å². The second kappa shape index (κ2) is 13.6. The molecule has 5 rings (SSSR count). The maximum atomic E-state index is 14.8. The summed E-state index contributed by atoms with van der Waals surface area (Å²) >= 11 is 1.75. The van der Waals surface area contributed by atoms with Crippen molar-refractivity contribution in [3.05, 3.63) is 61.2 Å². The van der Waals surface area contributed by atoms with E-state index in [1.54, 1.807) is 17.8 Å². The van der Waals surface area contributed by atoms with Crippen LogP contribution in [0, 0.1) is 11.8 Å². The lowest BCUT2D eigenvalue weighted by atomic mass is 9.66. The molecule has 4 aliphatic rings. The minimum Gasteiger partial charge on any atom is -0.396 e. The third-order valence-corrected chi connectivity index (χ3v) is 12.3. The number of unbranched alkanes of at least 4 members (excludes halogenated alkanes) is 2. The normalized spacial score (nSPS) is 29.9. The summed E-state index contributed by atoms with van der Waals surface area (Å²) in [5, 5.41) is 9.36. The molecule has 1 spiro atoms. The smallest absolute Gasteiger partial charge is 0.247 e. The van der Waals surface area contributed by atoms with Gasteiger partial charge in [-0.25, -0.2) is 0 Å². The molecule has 1 aromatic carbocycles. The predicted octanol–water partition coefficient (Wildman–Crippen LogP) is 5.19. The highest BCUT2D eigenvalue weighted by Gasteiger charge is 2.77. The molecule has 3 amide bonds. The van der Waals surface area contributed by atoms with E-state index < -0.39 is 27.4 Å². The Balaban J connectivity index is 1.50. The molecule has 1 N–H and O–H groups in total. The Morgan fingerprint density at radius 2 is 1.74 bits per heavy atom. The van der Waals surface area contributed by atoms with Crippen LogP contribution in [-0.4, -0.2) is 85.3 Å². The fraction of sp³-hybridized carbons (Fsp3) is 0.629. The van der Waals surface area contributed by atoms with Crippen molar-refractivity contribution in [2.45, 2.75) is 99.3 Å². The van der Waals surface area contributed by atoms with Crippen molar-refractivity contribution in [1.29, 1.82) is 0 Å². The average molecular weight is 608 g/mol. The lowest BCUT2D eigenvalue weighted by molar-refractivity contribution is -0.146. The van der Waals surface area contributed by atoms with Gasteiger partial charge >= 0.3 is 0 Å². The molecule has 3 heterocycles. The molecule has 2 unspecified atom stereocenters. The Kier molecular flexibility index (Phi) is 10.1. The molecule has 1 saturated carbocycles. The standard InChI is InChI=1S/C35H49N3O4S/c1-4-21-36(25-26-15-9-6-10-16-26)31(40)28-29-32(41)38(23-13-8-14-24-39)30(35(29)20-19-34(28,3)43-35)33(42)37(22-5-2)27-17-11-7-12-18-27/h4-6,9-10,15-16,27-30,39H,1-2,7-8,11-14,17-25H2,3H3/t28-,29-,30?,34+,35?/m0/s1. The number of carbonyl (C=O) groups is 3. The molecule has 1 aromatic rings. The first kappa shape index (κ1) is 31.8. The first-order valence-electron chi connectivity index (χ1n) is 16.3. The Morgan fingerprint density at radius 3 is 2.42 bits per heavy atom. The van der Waals surface area contributed by atoms with Crippen molar-refractivity contribution in [2.75, 3.05) is 26.2 Å². The number of fused-ring (bicyclic) bond motifs is 1. The number of benzene rings is 1. The molecular weight excluding hydrogens is 558 g/mol. The number of nitrogens with zero attached hydrogens (tertiary/aromatic N) is 3. The van der Waals surface area contributed by atoms with Crippen LogP contribution < -0.4 is 0 Å². The number of rotatable bonds is 14. The summed E-state index contributed by atoms with van der Waals surface area (Å²) in [5.74, 6) is -1.06. The summed E-state index contributed by atoms with van der Waals surface area (Å²) in [6.45, 7) is 12.0. The summed E-state index contributed by atoms with van der Waals surface area (Å²) in [6, 6.07) is 9.52. The first-order valence-corrected chi connectivity index (χ1v) is 17.1. The predicted molar refractivity (Wildman–Crippen MR) is 172 cm³/mol. The van der Waals surface area contributed by atoms with Gasteiger partial charge in [-0.15, -0.1) is 24.9 Å². The summed E-state index contributed by atoms with van der Waals surface area (Å²) in [4.78, 5) is 49.6. The highest BCUT2D eigenvalue weighted by Crippen LogP contribution is 2.71. The lowest BCUT2D eigenvalue weighted by Crippen LogP contribution is -2.57. The maximum Gasteiger partial charge on any atom is 0.247 e. The number of aliphatic hydroxyl groups excluding tert-OH is 1. The number of likely N-dealkylation sites (tertiary alicyclic amines) is 1. The summed E-state index contributed by atoms with van der Waals surface area (Å²) in [6.07, 6.45) is 12.7. The second-order valence-corrected chi connectivity index (χ2v) is 15.0. The Morgan fingerprint density at radius 1 is 1.02 bits per heavy atom. The van der Waals surface area contributed by atoms with Gasteiger partial charge in [-0.2, -0.15) is 0 Å². The molecular formula is C35H49N3O4S. The van der Waals surface area contributed by atoms with Crippen LogP contribution in [0.3, 0.4) is 0 Å². The fourth-order valence-corrected chi connectivity index (χ4v) is 10.7. The monoisotopic (exact) mass is 607 g/mol. The van der Waals surface area contributed by atoms with Crippen LogP contribution >= 0.6 is 11.8 Å². The van der Waals surface area contributed by atoms with Crippen molar-refractivity contribution < 1.29 is 19.5 Å². The number of carbonyl (C=O) groups excluding carboxylic acids is 3. The van der Waals surface area contributed by atoms with E-state index in [0.717, 1.165) is 56.9 Å². The molecule has 234 valence electrons. The fourth-order valence-electron chi connectivity index (χ4n) is 8.39. The number of hydrogen-bond donors (Lipinski definition) is 1. The van der Waals surface area contributed by atoms with Crippen molar-refractivity contribution in [3.63, 3.8) is 0 Å². The Hall–Kier alpha value is -2.58. The van der Waals surface area contributed by atoms with Crippen molar-refractivity contribution in [2.24, 2.45) is 11.8 Å². The summed E-state index contributed by atoms with van der Waals surface area (Å²) < 4.78 is -1.04. The van der Waals surface area contributed by atoms with Gasteiger partial charge in [0, 0.05) is 43.6 Å². The quantitative estimate of drug-likeness (QED) is 0.233. The van der Waals surface area contributed by atoms with Gasteiger partial charge in [0.2, 0.25) is 17.7 Å². The number of thioether (sulfide) groups is 1. The van der Waals surface area contributed by atoms with E-state index >= 15 is 0 Å². The molecule has 3 saturated heterocycles. The zero-order valence-electron chi connectivity index (χ0n) is 25.8. The molecule has 43 heavy (non-hydrogen) atoms. The van der Waals surface area contributed by atoms with Crippen LogP contribution in [0.2, 0.25) is 0 Å². The molecule has 3 aliphatic heterocycles. The topological polar surface area (TPSA) is 81.2 Å². The molecule has 2 bridgehead atoms. The van der Waals surface area contributed by atoms with E-state index in [1.165, 1.54) is 6.42 Å². The minimum absolute atomic E-state index is 0.0118. The summed E-state index contributed by atoms with van der Waals surface area (Å²) in [7, 11) is 0. The van der Waals surface area contributed by atoms with Gasteiger partial charge in [-0.1, -0.05) is 61.7 Å². The molecule has 1 aliphatic carbocycles. The van der Waals surface area contributed by atoms with E-state index in [0.29, 0.717) is 32.6 Å². The SMILES string of the molecule is C=CCN(Cc1ccccc1)C(=O)[C@@H]1[C@H]2C(=O)N(CCCCCO)C(C(=O)N(CC=C)C3CCCCC3)C23CC[C@@]1(C)S3. The zero-order chi connectivity index (χ0) is 30.6. The molecule has 7 nitrogen and oxygen atoms in total. The molecule has 4 fully saturated rings. The number of hydrogen-bond acceptors (Lipinski definition) is 5.